The molecule has 0 unspecified atom stereocenters. The molecule has 0 bridgehead atoms. The molecule has 28 heavy (non-hydrogen) atoms. The lowest BCUT2D eigenvalue weighted by atomic mass is 10.1. The summed E-state index contributed by atoms with van der Waals surface area (Å²) in [7, 11) is 0. The van der Waals surface area contributed by atoms with Gasteiger partial charge in [-0.1, -0.05) is 42.5 Å². The van der Waals surface area contributed by atoms with Crippen molar-refractivity contribution in [3.63, 3.8) is 0 Å². The van der Waals surface area contributed by atoms with E-state index in [1.54, 1.807) is 6.07 Å². The van der Waals surface area contributed by atoms with E-state index in [9.17, 15) is 14.0 Å². The van der Waals surface area contributed by atoms with Crippen molar-refractivity contribution in [3.8, 4) is 5.75 Å². The third-order valence-corrected chi connectivity index (χ3v) is 4.92. The van der Waals surface area contributed by atoms with E-state index in [1.165, 1.54) is 36.9 Å². The van der Waals surface area contributed by atoms with Gasteiger partial charge in [-0.2, -0.15) is 0 Å². The van der Waals surface area contributed by atoms with Gasteiger partial charge in [0, 0.05) is 4.90 Å². The standard InChI is InChI=1S/C21H19FN2O3S/c1-14(27-19-9-5-4-8-18(19)22)21(26)24-23-20(25)13-28-17-11-10-15-6-2-3-7-16(15)12-17/h2-12,14H,13H2,1H3,(H,23,25)(H,24,26)/t14-/m1/s1. The van der Waals surface area contributed by atoms with Crippen molar-refractivity contribution in [2.45, 2.75) is 17.9 Å². The second-order valence-electron chi connectivity index (χ2n) is 6.03. The fraction of sp³-hybridized carbons (Fsp3) is 0.143. The minimum absolute atomic E-state index is 0.0247. The third-order valence-electron chi connectivity index (χ3n) is 3.93. The number of hydrazine groups is 1. The van der Waals surface area contributed by atoms with Crippen LogP contribution in [0.4, 0.5) is 4.39 Å². The van der Waals surface area contributed by atoms with Crippen molar-refractivity contribution >= 4 is 34.3 Å². The minimum atomic E-state index is -0.967. The second kappa shape index (κ2) is 9.23. The zero-order valence-corrected chi connectivity index (χ0v) is 16.0. The monoisotopic (exact) mass is 398 g/mol. The molecule has 3 aromatic rings. The first kappa shape index (κ1) is 19.7. The van der Waals surface area contributed by atoms with E-state index in [1.807, 2.05) is 42.5 Å². The van der Waals surface area contributed by atoms with Crippen molar-refractivity contribution in [2.24, 2.45) is 0 Å². The molecule has 0 heterocycles. The SMILES string of the molecule is C[C@@H](Oc1ccccc1F)C(=O)NNC(=O)CSc1ccc2ccccc2c1. The van der Waals surface area contributed by atoms with Crippen molar-refractivity contribution < 1.29 is 18.7 Å². The molecule has 3 rings (SSSR count). The van der Waals surface area contributed by atoms with Crippen molar-refractivity contribution in [1.29, 1.82) is 0 Å². The maximum absolute atomic E-state index is 13.6. The first-order valence-corrected chi connectivity index (χ1v) is 9.63. The largest absolute Gasteiger partial charge is 0.478 e. The maximum atomic E-state index is 13.6. The molecule has 0 saturated heterocycles. The summed E-state index contributed by atoms with van der Waals surface area (Å²) in [5.74, 6) is -1.38. The molecular formula is C21H19FN2O3S. The summed E-state index contributed by atoms with van der Waals surface area (Å²) in [4.78, 5) is 24.9. The van der Waals surface area contributed by atoms with Crippen molar-refractivity contribution in [1.82, 2.24) is 10.9 Å². The van der Waals surface area contributed by atoms with Gasteiger partial charge in [0.25, 0.3) is 5.91 Å². The fourth-order valence-electron chi connectivity index (χ4n) is 2.46. The van der Waals surface area contributed by atoms with Crippen LogP contribution in [0.25, 0.3) is 10.8 Å². The summed E-state index contributed by atoms with van der Waals surface area (Å²) in [5.41, 5.74) is 4.63. The lowest BCUT2D eigenvalue weighted by molar-refractivity contribution is -0.132. The van der Waals surface area contributed by atoms with Crippen molar-refractivity contribution in [2.75, 3.05) is 5.75 Å². The van der Waals surface area contributed by atoms with Gasteiger partial charge >= 0.3 is 0 Å². The molecule has 3 aromatic carbocycles. The molecule has 2 amide bonds. The predicted octanol–water partition coefficient (Wildman–Crippen LogP) is 3.69. The normalized spacial score (nSPS) is 11.6. The van der Waals surface area contributed by atoms with Gasteiger partial charge in [0.1, 0.15) is 0 Å². The molecule has 0 aliphatic heterocycles. The summed E-state index contributed by atoms with van der Waals surface area (Å²) >= 11 is 1.36. The molecule has 0 aromatic heterocycles. The molecule has 1 atom stereocenters. The van der Waals surface area contributed by atoms with E-state index in [0.29, 0.717) is 0 Å². The average molecular weight is 398 g/mol. The number of hydrogen-bond acceptors (Lipinski definition) is 4. The molecule has 0 fully saturated rings. The van der Waals surface area contributed by atoms with E-state index in [4.69, 9.17) is 4.74 Å². The molecular weight excluding hydrogens is 379 g/mol. The minimum Gasteiger partial charge on any atom is -0.478 e. The zero-order valence-electron chi connectivity index (χ0n) is 15.1. The van der Waals surface area contributed by atoms with Crippen LogP contribution < -0.4 is 15.6 Å². The predicted molar refractivity (Wildman–Crippen MR) is 107 cm³/mol. The number of fused-ring (bicyclic) bond motifs is 1. The number of carbonyl (C=O) groups excluding carboxylic acids is 2. The summed E-state index contributed by atoms with van der Waals surface area (Å²) in [5, 5.41) is 2.23. The van der Waals surface area contributed by atoms with E-state index in [0.717, 1.165) is 15.7 Å². The lowest BCUT2D eigenvalue weighted by Crippen LogP contribution is -2.47. The molecule has 5 nitrogen and oxygen atoms in total. The number of benzene rings is 3. The van der Waals surface area contributed by atoms with Gasteiger partial charge < -0.3 is 4.74 Å². The van der Waals surface area contributed by atoms with E-state index in [2.05, 4.69) is 10.9 Å². The number of para-hydroxylation sites is 1. The number of hydrogen-bond donors (Lipinski definition) is 2. The van der Waals surface area contributed by atoms with Crippen LogP contribution >= 0.6 is 11.8 Å². The van der Waals surface area contributed by atoms with Gasteiger partial charge in [-0.3, -0.25) is 20.4 Å². The highest BCUT2D eigenvalue weighted by atomic mass is 32.2. The highest BCUT2D eigenvalue weighted by Crippen LogP contribution is 2.23. The Morgan fingerprint density at radius 2 is 1.71 bits per heavy atom. The molecule has 0 aliphatic carbocycles. The molecule has 0 spiro atoms. The van der Waals surface area contributed by atoms with Gasteiger partial charge in [0.05, 0.1) is 5.75 Å². The van der Waals surface area contributed by atoms with Crippen LogP contribution in [-0.2, 0) is 9.59 Å². The number of halogens is 1. The van der Waals surface area contributed by atoms with E-state index in [-0.39, 0.29) is 17.4 Å². The van der Waals surface area contributed by atoms with Crippen LogP contribution in [0.15, 0.2) is 71.6 Å². The molecule has 0 radical (unpaired) electrons. The number of rotatable bonds is 6. The fourth-order valence-corrected chi connectivity index (χ4v) is 3.20. The Morgan fingerprint density at radius 1 is 1.00 bits per heavy atom. The van der Waals surface area contributed by atoms with Crippen LogP contribution in [0, 0.1) is 5.82 Å². The number of ether oxygens (including phenoxy) is 1. The van der Waals surface area contributed by atoms with E-state index >= 15 is 0 Å². The van der Waals surface area contributed by atoms with Gasteiger partial charge in [-0.25, -0.2) is 4.39 Å². The van der Waals surface area contributed by atoms with Gasteiger partial charge in [0.2, 0.25) is 5.91 Å². The first-order valence-electron chi connectivity index (χ1n) is 8.64. The molecule has 7 heteroatoms. The van der Waals surface area contributed by atoms with Crippen LogP contribution in [0.5, 0.6) is 5.75 Å². The average Bonchev–Trinajstić information content (AvgIpc) is 2.71. The lowest BCUT2D eigenvalue weighted by Gasteiger charge is -2.15. The summed E-state index contributed by atoms with van der Waals surface area (Å²) in [6, 6.07) is 19.7. The third kappa shape index (κ3) is 5.23. The van der Waals surface area contributed by atoms with Crippen LogP contribution in [-0.4, -0.2) is 23.7 Å². The molecule has 0 saturated carbocycles. The topological polar surface area (TPSA) is 67.4 Å². The summed E-state index contributed by atoms with van der Waals surface area (Å²) in [6.07, 6.45) is -0.967. The second-order valence-corrected chi connectivity index (χ2v) is 7.07. The Hall–Kier alpha value is -3.06. The number of amides is 2. The Kier molecular flexibility index (Phi) is 6.49. The van der Waals surface area contributed by atoms with Crippen LogP contribution in [0.2, 0.25) is 0 Å². The molecule has 144 valence electrons. The molecule has 0 aliphatic rings. The Labute approximate surface area is 166 Å². The van der Waals surface area contributed by atoms with Gasteiger partial charge in [-0.05, 0) is 42.0 Å². The van der Waals surface area contributed by atoms with Crippen molar-refractivity contribution in [3.05, 3.63) is 72.5 Å². The summed E-state index contributed by atoms with van der Waals surface area (Å²) in [6.45, 7) is 1.47. The Balaban J connectivity index is 1.45. The van der Waals surface area contributed by atoms with E-state index < -0.39 is 17.8 Å². The zero-order chi connectivity index (χ0) is 19.9. The number of carbonyl (C=O) groups is 2. The van der Waals surface area contributed by atoms with Crippen LogP contribution in [0.3, 0.4) is 0 Å². The Bertz CT molecular complexity index is 996. The van der Waals surface area contributed by atoms with Gasteiger partial charge in [-0.15, -0.1) is 11.8 Å². The molecule has 2 N–H and O–H groups in total. The quantitative estimate of drug-likeness (QED) is 0.491. The maximum Gasteiger partial charge on any atom is 0.279 e. The van der Waals surface area contributed by atoms with Gasteiger partial charge in [0.15, 0.2) is 17.7 Å². The summed E-state index contributed by atoms with van der Waals surface area (Å²) < 4.78 is 18.8. The number of nitrogens with one attached hydrogen (secondary N) is 2. The highest BCUT2D eigenvalue weighted by Gasteiger charge is 2.17. The number of thioether (sulfide) groups is 1. The Morgan fingerprint density at radius 3 is 2.50 bits per heavy atom. The van der Waals surface area contributed by atoms with Crippen LogP contribution in [0.1, 0.15) is 6.92 Å². The first-order chi connectivity index (χ1) is 13.5. The smallest absolute Gasteiger partial charge is 0.279 e. The highest BCUT2D eigenvalue weighted by molar-refractivity contribution is 8.00.